The maximum atomic E-state index is 11.3. The van der Waals surface area contributed by atoms with Crippen LogP contribution in [-0.4, -0.2) is 16.7 Å². The van der Waals surface area contributed by atoms with Crippen LogP contribution in [0.15, 0.2) is 27.8 Å². The number of hydrogen-bond donors (Lipinski definition) is 1. The van der Waals surface area contributed by atoms with Gasteiger partial charge in [-0.25, -0.2) is 0 Å². The highest BCUT2D eigenvalue weighted by Gasteiger charge is 2.26. The number of oxime groups is 1. The minimum Gasteiger partial charge on any atom is -0.410 e. The fourth-order valence-corrected chi connectivity index (χ4v) is 1.86. The van der Waals surface area contributed by atoms with Gasteiger partial charge < -0.3 is 5.21 Å². The van der Waals surface area contributed by atoms with E-state index in [1.54, 1.807) is 6.07 Å². The number of carbonyl (C=O) groups is 1. The molecule has 3 nitrogen and oxygen atoms in total. The lowest BCUT2D eigenvalue weighted by Gasteiger charge is -1.96. The smallest absolute Gasteiger partial charge is 0.189 e. The third-order valence-corrected chi connectivity index (χ3v) is 2.53. The van der Waals surface area contributed by atoms with E-state index in [9.17, 15) is 4.79 Å². The van der Waals surface area contributed by atoms with Gasteiger partial charge in [0.15, 0.2) is 11.5 Å². The van der Waals surface area contributed by atoms with Crippen LogP contribution in [0, 0.1) is 0 Å². The van der Waals surface area contributed by atoms with Crippen LogP contribution in [0.5, 0.6) is 0 Å². The van der Waals surface area contributed by atoms with Crippen molar-refractivity contribution in [3.8, 4) is 0 Å². The fourth-order valence-electron chi connectivity index (χ4n) is 1.46. The van der Waals surface area contributed by atoms with E-state index >= 15 is 0 Å². The molecule has 1 N–H and O–H groups in total. The van der Waals surface area contributed by atoms with Gasteiger partial charge in [-0.15, -0.1) is 0 Å². The van der Waals surface area contributed by atoms with Crippen LogP contribution < -0.4 is 0 Å². The van der Waals surface area contributed by atoms with Crippen LogP contribution in [0.3, 0.4) is 0 Å². The van der Waals surface area contributed by atoms with Gasteiger partial charge in [0.05, 0.1) is 0 Å². The van der Waals surface area contributed by atoms with Crippen LogP contribution >= 0.6 is 15.9 Å². The number of carbonyl (C=O) groups excluding carboxylic acids is 1. The summed E-state index contributed by atoms with van der Waals surface area (Å²) >= 11 is 3.31. The van der Waals surface area contributed by atoms with Crippen molar-refractivity contribution in [3.05, 3.63) is 33.8 Å². The van der Waals surface area contributed by atoms with E-state index in [1.807, 2.05) is 12.1 Å². The summed E-state index contributed by atoms with van der Waals surface area (Å²) in [6.07, 6.45) is 0.328. The van der Waals surface area contributed by atoms with Crippen molar-refractivity contribution >= 4 is 27.4 Å². The fraction of sp³-hybridized carbons (Fsp3) is 0.111. The van der Waals surface area contributed by atoms with Gasteiger partial charge in [-0.2, -0.15) is 0 Å². The van der Waals surface area contributed by atoms with Crippen LogP contribution in [0.1, 0.15) is 11.1 Å². The number of nitrogens with zero attached hydrogens (tertiary/aromatic N) is 1. The Bertz CT molecular complexity index is 412. The van der Waals surface area contributed by atoms with Crippen LogP contribution in [-0.2, 0) is 11.2 Å². The molecule has 1 aromatic rings. The molecular formula is C9H6BrNO2. The number of rotatable bonds is 0. The van der Waals surface area contributed by atoms with Crippen molar-refractivity contribution in [2.45, 2.75) is 6.42 Å². The van der Waals surface area contributed by atoms with E-state index in [0.717, 1.165) is 15.6 Å². The van der Waals surface area contributed by atoms with Crippen molar-refractivity contribution in [3.63, 3.8) is 0 Å². The molecule has 0 saturated heterocycles. The molecule has 0 amide bonds. The van der Waals surface area contributed by atoms with Crippen LogP contribution in [0.25, 0.3) is 0 Å². The molecule has 0 unspecified atom stereocenters. The molecule has 2 rings (SSSR count). The van der Waals surface area contributed by atoms with Crippen LogP contribution in [0.4, 0.5) is 0 Å². The predicted molar refractivity (Wildman–Crippen MR) is 51.2 cm³/mol. The summed E-state index contributed by atoms with van der Waals surface area (Å²) in [5.74, 6) is -0.129. The quantitative estimate of drug-likeness (QED) is 0.554. The van der Waals surface area contributed by atoms with Crippen molar-refractivity contribution < 1.29 is 10.0 Å². The Labute approximate surface area is 83.2 Å². The molecule has 0 saturated carbocycles. The average Bonchev–Trinajstić information content (AvgIpc) is 2.39. The number of fused-ring (bicyclic) bond motifs is 1. The van der Waals surface area contributed by atoms with E-state index in [1.165, 1.54) is 0 Å². The van der Waals surface area contributed by atoms with Gasteiger partial charge in [0.2, 0.25) is 0 Å². The summed E-state index contributed by atoms with van der Waals surface area (Å²) in [5, 5.41) is 11.6. The summed E-state index contributed by atoms with van der Waals surface area (Å²) in [6, 6.07) is 5.47. The molecule has 4 heteroatoms. The van der Waals surface area contributed by atoms with Gasteiger partial charge in [0, 0.05) is 16.5 Å². The van der Waals surface area contributed by atoms with Crippen molar-refractivity contribution in [1.82, 2.24) is 0 Å². The lowest BCUT2D eigenvalue weighted by Crippen LogP contribution is -2.07. The molecule has 13 heavy (non-hydrogen) atoms. The minimum atomic E-state index is -0.129. The standard InChI is InChI=1S/C9H6BrNO2/c10-6-1-2-7-5(3-6)4-8(12)9(7)11-13/h1-3,13H,4H2/b11-9-. The molecule has 66 valence electrons. The Kier molecular flexibility index (Phi) is 1.92. The number of halogens is 1. The topological polar surface area (TPSA) is 49.7 Å². The molecule has 0 atom stereocenters. The Balaban J connectivity index is 2.61. The maximum absolute atomic E-state index is 11.3. The van der Waals surface area contributed by atoms with E-state index in [0.29, 0.717) is 6.42 Å². The molecule has 0 radical (unpaired) electrons. The second kappa shape index (κ2) is 2.96. The molecule has 0 aliphatic heterocycles. The Morgan fingerprint density at radius 3 is 2.92 bits per heavy atom. The molecule has 1 aliphatic rings. The lowest BCUT2D eigenvalue weighted by atomic mass is 10.1. The number of Topliss-reactive ketones (excluding diaryl/α,β-unsaturated/α-hetero) is 1. The van der Waals surface area contributed by atoms with E-state index in [-0.39, 0.29) is 11.5 Å². The normalized spacial score (nSPS) is 17.9. The van der Waals surface area contributed by atoms with Gasteiger partial charge in [0.25, 0.3) is 0 Å². The largest absolute Gasteiger partial charge is 0.410 e. The molecule has 0 fully saturated rings. The summed E-state index contributed by atoms with van der Waals surface area (Å²) < 4.78 is 0.929. The first-order valence-corrected chi connectivity index (χ1v) is 4.55. The first-order chi connectivity index (χ1) is 6.22. The van der Waals surface area contributed by atoms with Crippen LogP contribution in [0.2, 0.25) is 0 Å². The number of hydrogen-bond acceptors (Lipinski definition) is 3. The molecule has 0 bridgehead atoms. The van der Waals surface area contributed by atoms with Crippen molar-refractivity contribution in [2.24, 2.45) is 5.16 Å². The third kappa shape index (κ3) is 1.27. The average molecular weight is 240 g/mol. The Morgan fingerprint density at radius 1 is 1.46 bits per heavy atom. The SMILES string of the molecule is O=C1Cc2cc(Br)ccc2/C1=N/O. The zero-order chi connectivity index (χ0) is 9.42. The van der Waals surface area contributed by atoms with Crippen molar-refractivity contribution in [1.29, 1.82) is 0 Å². The molecule has 0 spiro atoms. The second-order valence-corrected chi connectivity index (χ2v) is 3.77. The first-order valence-electron chi connectivity index (χ1n) is 3.76. The summed E-state index contributed by atoms with van der Waals surface area (Å²) in [6.45, 7) is 0. The molecule has 1 aliphatic carbocycles. The summed E-state index contributed by atoms with van der Waals surface area (Å²) in [7, 11) is 0. The molecule has 0 aromatic heterocycles. The van der Waals surface area contributed by atoms with E-state index in [4.69, 9.17) is 5.21 Å². The first kappa shape index (κ1) is 8.44. The highest BCUT2D eigenvalue weighted by Crippen LogP contribution is 2.23. The Morgan fingerprint density at radius 2 is 2.23 bits per heavy atom. The number of benzene rings is 1. The summed E-state index contributed by atoms with van der Waals surface area (Å²) in [4.78, 5) is 11.3. The van der Waals surface area contributed by atoms with Crippen molar-refractivity contribution in [2.75, 3.05) is 0 Å². The Hall–Kier alpha value is -1.16. The highest BCUT2D eigenvalue weighted by molar-refractivity contribution is 9.10. The monoisotopic (exact) mass is 239 g/mol. The molecular weight excluding hydrogens is 234 g/mol. The summed E-state index contributed by atoms with van der Waals surface area (Å²) in [5.41, 5.74) is 1.81. The second-order valence-electron chi connectivity index (χ2n) is 2.85. The molecule has 1 aromatic carbocycles. The zero-order valence-corrected chi connectivity index (χ0v) is 8.21. The van der Waals surface area contributed by atoms with Gasteiger partial charge in [0.1, 0.15) is 0 Å². The van der Waals surface area contributed by atoms with Gasteiger partial charge in [-0.3, -0.25) is 4.79 Å². The lowest BCUT2D eigenvalue weighted by molar-refractivity contribution is -0.112. The minimum absolute atomic E-state index is 0.129. The predicted octanol–water partition coefficient (Wildman–Crippen LogP) is 1.75. The van der Waals surface area contributed by atoms with E-state index in [2.05, 4.69) is 21.1 Å². The maximum Gasteiger partial charge on any atom is 0.189 e. The zero-order valence-electron chi connectivity index (χ0n) is 6.62. The van der Waals surface area contributed by atoms with Gasteiger partial charge >= 0.3 is 0 Å². The highest BCUT2D eigenvalue weighted by atomic mass is 79.9. The van der Waals surface area contributed by atoms with E-state index < -0.39 is 0 Å². The van der Waals surface area contributed by atoms with Gasteiger partial charge in [-0.1, -0.05) is 27.2 Å². The number of ketones is 1. The van der Waals surface area contributed by atoms with Gasteiger partial charge in [-0.05, 0) is 17.7 Å². The molecule has 0 heterocycles. The third-order valence-electron chi connectivity index (χ3n) is 2.04.